The number of carboxylic acid groups (broad SMARTS) is 1. The van der Waals surface area contributed by atoms with Gasteiger partial charge in [-0.2, -0.15) is 4.98 Å². The standard InChI is InChI=1S/C35H43N5O3S/c1-21-27(24-10-11-25-20-40(16-12-23(25)19-24)33-38-31-26(44-33)9-8-15-36-31)29(39-17-13-35(6,7)14-18-39)28(22(2)37-21)30(32(41)42)43-34(3,4)5/h8-11,15,19,30H,12-14,16-18,20H2,1-7H3,(H,41,42). The molecule has 1 fully saturated rings. The van der Waals surface area contributed by atoms with Crippen molar-refractivity contribution in [3.8, 4) is 11.1 Å². The molecule has 0 aliphatic carbocycles. The lowest BCUT2D eigenvalue weighted by atomic mass is 9.81. The zero-order valence-corrected chi connectivity index (χ0v) is 27.7. The zero-order valence-electron chi connectivity index (χ0n) is 26.9. The molecule has 8 nitrogen and oxygen atoms in total. The predicted octanol–water partition coefficient (Wildman–Crippen LogP) is 7.50. The number of aryl methyl sites for hydroxylation is 2. The molecule has 1 atom stereocenters. The van der Waals surface area contributed by atoms with E-state index in [0.717, 1.165) is 83.4 Å². The molecule has 5 heterocycles. The van der Waals surface area contributed by atoms with Crippen molar-refractivity contribution in [2.24, 2.45) is 5.41 Å². The van der Waals surface area contributed by atoms with Crippen LogP contribution in [0, 0.1) is 19.3 Å². The van der Waals surface area contributed by atoms with Gasteiger partial charge in [-0.3, -0.25) is 4.98 Å². The Bertz CT molecular complexity index is 1680. The predicted molar refractivity (Wildman–Crippen MR) is 178 cm³/mol. The van der Waals surface area contributed by atoms with Crippen molar-refractivity contribution in [2.75, 3.05) is 29.4 Å². The van der Waals surface area contributed by atoms with Crippen molar-refractivity contribution in [3.63, 3.8) is 0 Å². The second-order valence-corrected chi connectivity index (χ2v) is 15.0. The highest BCUT2D eigenvalue weighted by atomic mass is 32.1. The van der Waals surface area contributed by atoms with Gasteiger partial charge >= 0.3 is 5.97 Å². The molecular weight excluding hydrogens is 570 g/mol. The van der Waals surface area contributed by atoms with Gasteiger partial charge in [0.1, 0.15) is 0 Å². The van der Waals surface area contributed by atoms with Gasteiger partial charge in [0, 0.05) is 54.9 Å². The van der Waals surface area contributed by atoms with Crippen molar-refractivity contribution in [3.05, 3.63) is 64.6 Å². The van der Waals surface area contributed by atoms with E-state index in [-0.39, 0.29) is 5.41 Å². The largest absolute Gasteiger partial charge is 0.479 e. The fourth-order valence-corrected chi connectivity index (χ4v) is 7.47. The molecule has 1 saturated heterocycles. The molecule has 0 amide bonds. The van der Waals surface area contributed by atoms with Crippen molar-refractivity contribution in [2.45, 2.75) is 86.0 Å². The molecule has 1 N–H and O–H groups in total. The minimum Gasteiger partial charge on any atom is -0.479 e. The molecule has 0 saturated carbocycles. The summed E-state index contributed by atoms with van der Waals surface area (Å²) in [5.74, 6) is -0.992. The van der Waals surface area contributed by atoms with Gasteiger partial charge in [-0.1, -0.05) is 43.4 Å². The first kappa shape index (κ1) is 30.5. The zero-order chi connectivity index (χ0) is 31.4. The van der Waals surface area contributed by atoms with E-state index < -0.39 is 17.7 Å². The molecule has 0 spiro atoms. The number of benzene rings is 1. The SMILES string of the molecule is Cc1nc(C)c(C(OC(C)(C)C)C(=O)O)c(N2CCC(C)(C)CC2)c1-c1ccc2c(c1)CCN(c1nc3ncccc3s1)C2. The normalized spacial score (nSPS) is 17.5. The maximum absolute atomic E-state index is 12.8. The average molecular weight is 614 g/mol. The summed E-state index contributed by atoms with van der Waals surface area (Å²) in [6, 6.07) is 10.7. The van der Waals surface area contributed by atoms with Crippen molar-refractivity contribution >= 4 is 38.5 Å². The average Bonchev–Trinajstić information content (AvgIpc) is 3.39. The quantitative estimate of drug-likeness (QED) is 0.239. The number of hydrogen-bond acceptors (Lipinski definition) is 8. The molecule has 6 rings (SSSR count). The highest BCUT2D eigenvalue weighted by Crippen LogP contribution is 2.45. The second kappa shape index (κ2) is 11.4. The van der Waals surface area contributed by atoms with E-state index in [9.17, 15) is 9.90 Å². The van der Waals surface area contributed by atoms with Gasteiger partial charge in [0.15, 0.2) is 16.9 Å². The third-order valence-electron chi connectivity index (χ3n) is 8.90. The summed E-state index contributed by atoms with van der Waals surface area (Å²) in [5, 5.41) is 11.5. The molecule has 1 unspecified atom stereocenters. The molecule has 4 aromatic rings. The number of anilines is 2. The van der Waals surface area contributed by atoms with Crippen LogP contribution in [-0.2, 0) is 22.5 Å². The Morgan fingerprint density at radius 2 is 1.77 bits per heavy atom. The number of aromatic nitrogens is 3. The minimum absolute atomic E-state index is 0.249. The van der Waals surface area contributed by atoms with E-state index in [2.05, 4.69) is 52.9 Å². The number of aliphatic carboxylic acids is 1. The first-order chi connectivity index (χ1) is 20.8. The lowest BCUT2D eigenvalue weighted by Crippen LogP contribution is -2.39. The van der Waals surface area contributed by atoms with Crippen LogP contribution in [0.25, 0.3) is 21.5 Å². The van der Waals surface area contributed by atoms with E-state index >= 15 is 0 Å². The number of thiazole rings is 1. The van der Waals surface area contributed by atoms with Crippen molar-refractivity contribution < 1.29 is 14.6 Å². The molecule has 0 radical (unpaired) electrons. The second-order valence-electron chi connectivity index (χ2n) is 14.0. The first-order valence-electron chi connectivity index (χ1n) is 15.5. The van der Waals surface area contributed by atoms with E-state index in [0.29, 0.717) is 11.3 Å². The van der Waals surface area contributed by atoms with Crippen LogP contribution >= 0.6 is 11.3 Å². The van der Waals surface area contributed by atoms with E-state index in [1.807, 2.05) is 40.7 Å². The minimum atomic E-state index is -1.12. The van der Waals surface area contributed by atoms with E-state index in [4.69, 9.17) is 14.7 Å². The lowest BCUT2D eigenvalue weighted by Gasteiger charge is -2.41. The maximum atomic E-state index is 12.8. The summed E-state index contributed by atoms with van der Waals surface area (Å²) in [6.45, 7) is 17.7. The summed E-state index contributed by atoms with van der Waals surface area (Å²) in [6.07, 6.45) is 3.63. The smallest absolute Gasteiger partial charge is 0.337 e. The molecule has 3 aromatic heterocycles. The lowest BCUT2D eigenvalue weighted by molar-refractivity contribution is -0.160. The number of hydrogen-bond donors (Lipinski definition) is 1. The van der Waals surface area contributed by atoms with Crippen LogP contribution in [0.3, 0.4) is 0 Å². The Kier molecular flexibility index (Phi) is 7.91. The summed E-state index contributed by atoms with van der Waals surface area (Å²) >= 11 is 1.69. The fraction of sp³-hybridized carbons (Fsp3) is 0.486. The molecular formula is C35H43N5O3S. The van der Waals surface area contributed by atoms with Crippen LogP contribution < -0.4 is 9.80 Å². The summed E-state index contributed by atoms with van der Waals surface area (Å²) in [7, 11) is 0. The van der Waals surface area contributed by atoms with Gasteiger partial charge in [-0.15, -0.1) is 0 Å². The summed E-state index contributed by atoms with van der Waals surface area (Å²) in [5.41, 5.74) is 8.34. The number of ether oxygens (including phenoxy) is 1. The Morgan fingerprint density at radius 1 is 1.02 bits per heavy atom. The number of fused-ring (bicyclic) bond motifs is 2. The number of carboxylic acids is 1. The Morgan fingerprint density at radius 3 is 2.45 bits per heavy atom. The molecule has 1 aromatic carbocycles. The highest BCUT2D eigenvalue weighted by molar-refractivity contribution is 7.22. The van der Waals surface area contributed by atoms with Crippen LogP contribution in [-0.4, -0.2) is 51.3 Å². The number of nitrogens with zero attached hydrogens (tertiary/aromatic N) is 5. The summed E-state index contributed by atoms with van der Waals surface area (Å²) in [4.78, 5) is 31.7. The first-order valence-corrected chi connectivity index (χ1v) is 16.4. The summed E-state index contributed by atoms with van der Waals surface area (Å²) < 4.78 is 7.36. The molecule has 2 aliphatic rings. The van der Waals surface area contributed by atoms with Crippen molar-refractivity contribution in [1.82, 2.24) is 15.0 Å². The number of rotatable bonds is 6. The monoisotopic (exact) mass is 613 g/mol. The van der Waals surface area contributed by atoms with Gasteiger partial charge in [0.2, 0.25) is 0 Å². The van der Waals surface area contributed by atoms with Crippen LogP contribution in [0.2, 0.25) is 0 Å². The molecule has 0 bridgehead atoms. The van der Waals surface area contributed by atoms with Crippen molar-refractivity contribution in [1.29, 1.82) is 0 Å². The van der Waals surface area contributed by atoms with Crippen LogP contribution in [0.4, 0.5) is 10.8 Å². The molecule has 9 heteroatoms. The van der Waals surface area contributed by atoms with Gasteiger partial charge in [-0.25, -0.2) is 9.78 Å². The fourth-order valence-electron chi connectivity index (χ4n) is 6.52. The van der Waals surface area contributed by atoms with E-state index in [1.165, 1.54) is 11.1 Å². The van der Waals surface area contributed by atoms with Crippen LogP contribution in [0.5, 0.6) is 0 Å². The number of pyridine rings is 2. The van der Waals surface area contributed by atoms with Gasteiger partial charge in [0.05, 0.1) is 16.0 Å². The van der Waals surface area contributed by atoms with Gasteiger partial charge in [0.25, 0.3) is 0 Å². The highest BCUT2D eigenvalue weighted by Gasteiger charge is 2.36. The molecule has 2 aliphatic heterocycles. The maximum Gasteiger partial charge on any atom is 0.337 e. The number of piperidine rings is 1. The number of carbonyl (C=O) groups is 1. The van der Waals surface area contributed by atoms with Crippen LogP contribution in [0.1, 0.15) is 81.6 Å². The Balaban J connectivity index is 1.43. The third-order valence-corrected chi connectivity index (χ3v) is 9.97. The van der Waals surface area contributed by atoms with Crippen LogP contribution in [0.15, 0.2) is 36.5 Å². The van der Waals surface area contributed by atoms with Gasteiger partial charge < -0.3 is 19.6 Å². The molecule has 44 heavy (non-hydrogen) atoms. The third kappa shape index (κ3) is 6.04. The Labute approximate surface area is 264 Å². The topological polar surface area (TPSA) is 91.7 Å². The molecule has 232 valence electrons. The Hall–Kier alpha value is -3.56. The van der Waals surface area contributed by atoms with E-state index in [1.54, 1.807) is 17.5 Å². The van der Waals surface area contributed by atoms with Gasteiger partial charge in [-0.05, 0) is 88.1 Å².